The molecule has 0 spiro atoms. The van der Waals surface area contributed by atoms with Gasteiger partial charge in [-0.05, 0) is 36.9 Å². The highest BCUT2D eigenvalue weighted by Gasteiger charge is 2.11. The van der Waals surface area contributed by atoms with Crippen LogP contribution in [0.1, 0.15) is 25.5 Å². The molecule has 1 amide bonds. The first kappa shape index (κ1) is 14.0. The summed E-state index contributed by atoms with van der Waals surface area (Å²) in [6.07, 6.45) is 1.88. The zero-order valence-electron chi connectivity index (χ0n) is 11.5. The fourth-order valence-corrected chi connectivity index (χ4v) is 2.56. The van der Waals surface area contributed by atoms with Gasteiger partial charge in [0.25, 0.3) is 0 Å². The van der Waals surface area contributed by atoms with Crippen LogP contribution in [0.5, 0.6) is 0 Å². The molecule has 0 aromatic carbocycles. The molecule has 5 heteroatoms. The van der Waals surface area contributed by atoms with E-state index in [2.05, 4.69) is 23.3 Å². The molecule has 2 rings (SSSR count). The number of likely N-dealkylation sites (N-methyl/N-ethyl adjacent to an activating group) is 1. The zero-order chi connectivity index (χ0) is 13.8. The van der Waals surface area contributed by atoms with Crippen molar-refractivity contribution < 1.29 is 4.79 Å². The summed E-state index contributed by atoms with van der Waals surface area (Å²) in [5.74, 6) is 0.111. The van der Waals surface area contributed by atoms with Crippen LogP contribution in [0.15, 0.2) is 23.7 Å². The second kappa shape index (κ2) is 6.12. The Kier molecular flexibility index (Phi) is 4.50. The number of hydrogen-bond donors (Lipinski definition) is 1. The SMILES string of the molecule is CCN(C)C(=O)CNC(C)c1cnc2ccsc2c1. The van der Waals surface area contributed by atoms with Gasteiger partial charge >= 0.3 is 0 Å². The number of pyridine rings is 1. The number of carbonyl (C=O) groups excluding carboxylic acids is 1. The molecule has 102 valence electrons. The lowest BCUT2D eigenvalue weighted by molar-refractivity contribution is -0.128. The van der Waals surface area contributed by atoms with E-state index >= 15 is 0 Å². The van der Waals surface area contributed by atoms with Gasteiger partial charge in [-0.1, -0.05) is 0 Å². The van der Waals surface area contributed by atoms with Gasteiger partial charge in [-0.2, -0.15) is 0 Å². The molecule has 0 saturated heterocycles. The molecule has 2 heterocycles. The van der Waals surface area contributed by atoms with Crippen molar-refractivity contribution in [1.82, 2.24) is 15.2 Å². The Balaban J connectivity index is 1.99. The van der Waals surface area contributed by atoms with Crippen molar-refractivity contribution in [2.75, 3.05) is 20.1 Å². The molecule has 0 aliphatic heterocycles. The molecular weight excluding hydrogens is 258 g/mol. The Morgan fingerprint density at radius 2 is 2.37 bits per heavy atom. The number of hydrogen-bond acceptors (Lipinski definition) is 4. The maximum absolute atomic E-state index is 11.7. The number of nitrogens with one attached hydrogen (secondary N) is 1. The first-order valence-corrected chi connectivity index (χ1v) is 7.30. The Labute approximate surface area is 117 Å². The predicted molar refractivity (Wildman–Crippen MR) is 79.3 cm³/mol. The third-order valence-corrected chi connectivity index (χ3v) is 4.14. The summed E-state index contributed by atoms with van der Waals surface area (Å²) >= 11 is 1.69. The zero-order valence-corrected chi connectivity index (χ0v) is 12.3. The molecule has 0 radical (unpaired) electrons. The Morgan fingerprint density at radius 3 is 3.11 bits per heavy atom. The molecule has 2 aromatic heterocycles. The normalized spacial score (nSPS) is 12.6. The average Bonchev–Trinajstić information content (AvgIpc) is 2.90. The number of nitrogens with zero attached hydrogens (tertiary/aromatic N) is 2. The first-order valence-electron chi connectivity index (χ1n) is 6.42. The number of rotatable bonds is 5. The predicted octanol–water partition coefficient (Wildman–Crippen LogP) is 2.43. The molecule has 0 fully saturated rings. The summed E-state index contributed by atoms with van der Waals surface area (Å²) < 4.78 is 1.18. The summed E-state index contributed by atoms with van der Waals surface area (Å²) in [5.41, 5.74) is 2.14. The topological polar surface area (TPSA) is 45.2 Å². The molecule has 1 atom stereocenters. The first-order chi connectivity index (χ1) is 9.11. The molecule has 0 saturated carbocycles. The summed E-state index contributed by atoms with van der Waals surface area (Å²) in [6.45, 7) is 5.11. The maximum Gasteiger partial charge on any atom is 0.236 e. The third-order valence-electron chi connectivity index (χ3n) is 3.28. The summed E-state index contributed by atoms with van der Waals surface area (Å²) in [7, 11) is 1.81. The third kappa shape index (κ3) is 3.30. The van der Waals surface area contributed by atoms with Crippen molar-refractivity contribution in [2.24, 2.45) is 0 Å². The molecule has 0 aliphatic rings. The quantitative estimate of drug-likeness (QED) is 0.913. The van der Waals surface area contributed by atoms with Gasteiger partial charge in [0, 0.05) is 25.8 Å². The standard InChI is InChI=1S/C14H19N3OS/c1-4-17(3)14(18)9-15-10(2)11-7-13-12(16-8-11)5-6-19-13/h5-8,10,15H,4,9H2,1-3H3. The van der Waals surface area contributed by atoms with E-state index in [0.29, 0.717) is 6.54 Å². The van der Waals surface area contributed by atoms with Gasteiger partial charge in [-0.3, -0.25) is 9.78 Å². The van der Waals surface area contributed by atoms with Crippen molar-refractivity contribution in [2.45, 2.75) is 19.9 Å². The van der Waals surface area contributed by atoms with Crippen molar-refractivity contribution in [1.29, 1.82) is 0 Å². The molecule has 19 heavy (non-hydrogen) atoms. The van der Waals surface area contributed by atoms with Crippen molar-refractivity contribution in [3.05, 3.63) is 29.3 Å². The molecule has 2 aromatic rings. The van der Waals surface area contributed by atoms with E-state index in [1.54, 1.807) is 16.2 Å². The highest BCUT2D eigenvalue weighted by Crippen LogP contribution is 2.22. The minimum atomic E-state index is 0.111. The maximum atomic E-state index is 11.7. The average molecular weight is 277 g/mol. The summed E-state index contributed by atoms with van der Waals surface area (Å²) in [4.78, 5) is 17.9. The second-order valence-corrected chi connectivity index (χ2v) is 5.53. The minimum Gasteiger partial charge on any atom is -0.345 e. The van der Waals surface area contributed by atoms with Crippen molar-refractivity contribution >= 4 is 27.5 Å². The van der Waals surface area contributed by atoms with E-state index in [1.807, 2.05) is 31.6 Å². The van der Waals surface area contributed by atoms with E-state index in [9.17, 15) is 4.79 Å². The fraction of sp³-hybridized carbons (Fsp3) is 0.429. The van der Waals surface area contributed by atoms with Gasteiger partial charge in [0.1, 0.15) is 0 Å². The molecule has 0 bridgehead atoms. The summed E-state index contributed by atoms with van der Waals surface area (Å²) in [6, 6.07) is 4.27. The molecule has 1 N–H and O–H groups in total. The largest absolute Gasteiger partial charge is 0.345 e. The lowest BCUT2D eigenvalue weighted by Gasteiger charge is -2.18. The van der Waals surface area contributed by atoms with Crippen LogP contribution in [0, 0.1) is 0 Å². The number of fused-ring (bicyclic) bond motifs is 1. The number of thiophene rings is 1. The van der Waals surface area contributed by atoms with Crippen LogP contribution in [0.4, 0.5) is 0 Å². The molecular formula is C14H19N3OS. The van der Waals surface area contributed by atoms with Crippen molar-refractivity contribution in [3.8, 4) is 0 Å². The highest BCUT2D eigenvalue weighted by atomic mass is 32.1. The highest BCUT2D eigenvalue weighted by molar-refractivity contribution is 7.17. The lowest BCUT2D eigenvalue weighted by atomic mass is 10.1. The van der Waals surface area contributed by atoms with Crippen LogP contribution in [0.3, 0.4) is 0 Å². The van der Waals surface area contributed by atoms with E-state index in [-0.39, 0.29) is 11.9 Å². The van der Waals surface area contributed by atoms with Gasteiger partial charge < -0.3 is 10.2 Å². The Bertz CT molecular complexity index is 567. The van der Waals surface area contributed by atoms with Gasteiger partial charge in [0.2, 0.25) is 5.91 Å². The number of carbonyl (C=O) groups is 1. The Morgan fingerprint density at radius 1 is 1.58 bits per heavy atom. The monoisotopic (exact) mass is 277 g/mol. The Hall–Kier alpha value is -1.46. The van der Waals surface area contributed by atoms with Crippen molar-refractivity contribution in [3.63, 3.8) is 0 Å². The van der Waals surface area contributed by atoms with Crippen LogP contribution < -0.4 is 5.32 Å². The molecule has 1 unspecified atom stereocenters. The second-order valence-electron chi connectivity index (χ2n) is 4.58. The van der Waals surface area contributed by atoms with Crippen LogP contribution in [-0.2, 0) is 4.79 Å². The molecule has 0 aliphatic carbocycles. The van der Waals surface area contributed by atoms with E-state index in [0.717, 1.165) is 17.6 Å². The van der Waals surface area contributed by atoms with Crippen LogP contribution in [-0.4, -0.2) is 35.9 Å². The minimum absolute atomic E-state index is 0.111. The van der Waals surface area contributed by atoms with E-state index in [4.69, 9.17) is 0 Å². The van der Waals surface area contributed by atoms with Gasteiger partial charge in [0.15, 0.2) is 0 Å². The fourth-order valence-electron chi connectivity index (χ4n) is 1.77. The van der Waals surface area contributed by atoms with E-state index < -0.39 is 0 Å². The van der Waals surface area contributed by atoms with Crippen LogP contribution in [0.25, 0.3) is 10.2 Å². The number of aromatic nitrogens is 1. The van der Waals surface area contributed by atoms with Gasteiger partial charge in [-0.15, -0.1) is 11.3 Å². The van der Waals surface area contributed by atoms with Gasteiger partial charge in [0.05, 0.1) is 16.8 Å². The smallest absolute Gasteiger partial charge is 0.236 e. The van der Waals surface area contributed by atoms with E-state index in [1.165, 1.54) is 4.70 Å². The van der Waals surface area contributed by atoms with Crippen LogP contribution in [0.2, 0.25) is 0 Å². The van der Waals surface area contributed by atoms with Crippen LogP contribution >= 0.6 is 11.3 Å². The number of amides is 1. The van der Waals surface area contributed by atoms with Gasteiger partial charge in [-0.25, -0.2) is 0 Å². The lowest BCUT2D eigenvalue weighted by Crippen LogP contribution is -2.36. The molecule has 4 nitrogen and oxygen atoms in total. The summed E-state index contributed by atoms with van der Waals surface area (Å²) in [5, 5.41) is 5.29.